The van der Waals surface area contributed by atoms with Crippen LogP contribution in [0.25, 0.3) is 5.52 Å². The number of halogens is 1. The van der Waals surface area contributed by atoms with Crippen molar-refractivity contribution in [3.8, 4) is 0 Å². The van der Waals surface area contributed by atoms with Crippen molar-refractivity contribution in [3.63, 3.8) is 0 Å². The van der Waals surface area contributed by atoms with Gasteiger partial charge in [0, 0.05) is 17.6 Å². The summed E-state index contributed by atoms with van der Waals surface area (Å²) in [5, 5.41) is 0. The number of ketones is 1. The first-order chi connectivity index (χ1) is 6.20. The molecule has 0 amide bonds. The van der Waals surface area contributed by atoms with Gasteiger partial charge in [-0.15, -0.1) is 0 Å². The zero-order valence-corrected chi connectivity index (χ0v) is 8.58. The van der Waals surface area contributed by atoms with E-state index in [9.17, 15) is 4.79 Å². The minimum Gasteiger partial charge on any atom is -0.296 e. The van der Waals surface area contributed by atoms with Crippen LogP contribution in [0.15, 0.2) is 29.0 Å². The number of carbonyl (C=O) groups excluding carboxylic acids is 1. The van der Waals surface area contributed by atoms with Crippen LogP contribution in [0, 0.1) is 0 Å². The third-order valence-electron chi connectivity index (χ3n) is 1.83. The number of nitrogens with zero attached hydrogens (tertiary/aromatic N) is 2. The van der Waals surface area contributed by atoms with Gasteiger partial charge >= 0.3 is 0 Å². The lowest BCUT2D eigenvalue weighted by molar-refractivity contribution is 0.100. The number of pyridine rings is 1. The molecule has 66 valence electrons. The van der Waals surface area contributed by atoms with Crippen molar-refractivity contribution in [1.82, 2.24) is 9.38 Å². The molecule has 0 N–H and O–H groups in total. The summed E-state index contributed by atoms with van der Waals surface area (Å²) < 4.78 is 2.71. The minimum atomic E-state index is -0.0295. The number of rotatable bonds is 1. The van der Waals surface area contributed by atoms with Gasteiger partial charge in [0.05, 0.1) is 11.7 Å². The molecule has 2 rings (SSSR count). The molecule has 0 aliphatic heterocycles. The van der Waals surface area contributed by atoms with Crippen LogP contribution in [0.5, 0.6) is 0 Å². The minimum absolute atomic E-state index is 0.0295. The number of carbonyl (C=O) groups is 1. The molecular weight excluding hydrogens is 232 g/mol. The van der Waals surface area contributed by atoms with Crippen LogP contribution in [0.2, 0.25) is 0 Å². The number of imidazole rings is 1. The highest BCUT2D eigenvalue weighted by molar-refractivity contribution is 9.10. The third-order valence-corrected chi connectivity index (χ3v) is 2.50. The van der Waals surface area contributed by atoms with Gasteiger partial charge in [0.1, 0.15) is 0 Å². The Morgan fingerprint density at radius 3 is 3.08 bits per heavy atom. The van der Waals surface area contributed by atoms with Gasteiger partial charge in [-0.1, -0.05) is 0 Å². The van der Waals surface area contributed by atoms with Crippen LogP contribution < -0.4 is 0 Å². The molecule has 0 saturated carbocycles. The van der Waals surface area contributed by atoms with E-state index >= 15 is 0 Å². The lowest BCUT2D eigenvalue weighted by Crippen LogP contribution is -1.99. The van der Waals surface area contributed by atoms with Gasteiger partial charge < -0.3 is 0 Å². The summed E-state index contributed by atoms with van der Waals surface area (Å²) in [5.41, 5.74) is 0.910. The summed E-state index contributed by atoms with van der Waals surface area (Å²) in [7, 11) is 0. The molecular formula is C9H7BrN2O. The van der Waals surface area contributed by atoms with Gasteiger partial charge in [0.2, 0.25) is 0 Å². The van der Waals surface area contributed by atoms with E-state index in [1.165, 1.54) is 6.92 Å². The molecule has 0 unspecified atom stereocenters. The Hall–Kier alpha value is -1.16. The van der Waals surface area contributed by atoms with Crippen molar-refractivity contribution in [3.05, 3.63) is 34.8 Å². The largest absolute Gasteiger partial charge is 0.296 e. The fraction of sp³-hybridized carbons (Fsp3) is 0.111. The van der Waals surface area contributed by atoms with E-state index in [2.05, 4.69) is 20.9 Å². The zero-order valence-electron chi connectivity index (χ0n) is 6.99. The highest BCUT2D eigenvalue weighted by Gasteiger charge is 2.08. The van der Waals surface area contributed by atoms with Gasteiger partial charge in [0.25, 0.3) is 0 Å². The number of Topliss-reactive ketones (excluding diaryl/α,β-unsaturated/α-hetero) is 1. The van der Waals surface area contributed by atoms with Gasteiger partial charge in [0.15, 0.2) is 11.6 Å². The zero-order chi connectivity index (χ0) is 9.42. The van der Waals surface area contributed by atoms with Crippen LogP contribution in [-0.2, 0) is 0 Å². The third kappa shape index (κ3) is 1.27. The number of hydrogen-bond acceptors (Lipinski definition) is 2. The average Bonchev–Trinajstić information content (AvgIpc) is 2.48. The molecule has 0 saturated heterocycles. The molecule has 2 aromatic heterocycles. The van der Waals surface area contributed by atoms with Crippen LogP contribution in [-0.4, -0.2) is 15.2 Å². The Morgan fingerprint density at radius 1 is 1.62 bits per heavy atom. The fourth-order valence-electron chi connectivity index (χ4n) is 1.25. The highest BCUT2D eigenvalue weighted by Crippen LogP contribution is 2.18. The summed E-state index contributed by atoms with van der Waals surface area (Å²) in [4.78, 5) is 15.2. The van der Waals surface area contributed by atoms with E-state index < -0.39 is 0 Å². The Morgan fingerprint density at radius 2 is 2.38 bits per heavy atom. The molecule has 2 aromatic rings. The summed E-state index contributed by atoms with van der Waals surface area (Å²) in [6, 6.07) is 3.78. The first kappa shape index (κ1) is 8.44. The second kappa shape index (κ2) is 2.96. The van der Waals surface area contributed by atoms with Crippen LogP contribution in [0.3, 0.4) is 0 Å². The Kier molecular flexibility index (Phi) is 1.92. The average molecular weight is 239 g/mol. The van der Waals surface area contributed by atoms with Gasteiger partial charge in [-0.05, 0) is 28.1 Å². The summed E-state index contributed by atoms with van der Waals surface area (Å²) >= 11 is 3.39. The molecule has 0 atom stereocenters. The summed E-state index contributed by atoms with van der Waals surface area (Å²) in [6.07, 6.45) is 3.50. The Bertz CT molecular complexity index is 475. The van der Waals surface area contributed by atoms with E-state index in [1.807, 2.05) is 18.3 Å². The van der Waals surface area contributed by atoms with E-state index in [1.54, 1.807) is 10.6 Å². The van der Waals surface area contributed by atoms with Gasteiger partial charge in [-0.25, -0.2) is 4.98 Å². The Balaban J connectivity index is 2.83. The maximum atomic E-state index is 11.1. The second-order valence-corrected chi connectivity index (χ2v) is 3.60. The number of aromatic nitrogens is 2. The molecule has 0 aromatic carbocycles. The van der Waals surface area contributed by atoms with Crippen molar-refractivity contribution in [2.75, 3.05) is 0 Å². The maximum absolute atomic E-state index is 11.1. The molecule has 0 aliphatic carbocycles. The van der Waals surface area contributed by atoms with Gasteiger partial charge in [-0.3, -0.25) is 9.20 Å². The van der Waals surface area contributed by atoms with Crippen molar-refractivity contribution in [2.45, 2.75) is 6.92 Å². The van der Waals surface area contributed by atoms with Gasteiger partial charge in [-0.2, -0.15) is 0 Å². The predicted octanol–water partition coefficient (Wildman–Crippen LogP) is 2.30. The van der Waals surface area contributed by atoms with Crippen LogP contribution >= 0.6 is 15.9 Å². The smallest absolute Gasteiger partial charge is 0.195 e. The first-order valence-corrected chi connectivity index (χ1v) is 4.62. The number of hydrogen-bond donors (Lipinski definition) is 0. The highest BCUT2D eigenvalue weighted by atomic mass is 79.9. The monoisotopic (exact) mass is 238 g/mol. The SMILES string of the molecule is CC(=O)c1ncc2c(Br)cccn12. The lowest BCUT2D eigenvalue weighted by Gasteiger charge is -1.97. The predicted molar refractivity (Wildman–Crippen MR) is 52.9 cm³/mol. The normalized spacial score (nSPS) is 10.6. The van der Waals surface area contributed by atoms with Crippen LogP contribution in [0.4, 0.5) is 0 Å². The summed E-state index contributed by atoms with van der Waals surface area (Å²) in [5.74, 6) is 0.439. The molecule has 0 bridgehead atoms. The topological polar surface area (TPSA) is 34.4 Å². The van der Waals surface area contributed by atoms with E-state index in [0.717, 1.165) is 9.99 Å². The molecule has 3 nitrogen and oxygen atoms in total. The molecule has 0 spiro atoms. The first-order valence-electron chi connectivity index (χ1n) is 3.82. The van der Waals surface area contributed by atoms with Crippen molar-refractivity contribution < 1.29 is 4.79 Å². The van der Waals surface area contributed by atoms with E-state index in [-0.39, 0.29) is 5.78 Å². The molecule has 2 heterocycles. The maximum Gasteiger partial charge on any atom is 0.195 e. The van der Waals surface area contributed by atoms with Crippen molar-refractivity contribution in [2.24, 2.45) is 0 Å². The Labute approximate surface area is 83.5 Å². The molecule has 13 heavy (non-hydrogen) atoms. The van der Waals surface area contributed by atoms with Crippen molar-refractivity contribution in [1.29, 1.82) is 0 Å². The second-order valence-electron chi connectivity index (χ2n) is 2.75. The summed E-state index contributed by atoms with van der Waals surface area (Å²) in [6.45, 7) is 1.51. The fourth-order valence-corrected chi connectivity index (χ4v) is 1.69. The molecule has 0 radical (unpaired) electrons. The van der Waals surface area contributed by atoms with E-state index in [0.29, 0.717) is 5.82 Å². The number of fused-ring (bicyclic) bond motifs is 1. The quantitative estimate of drug-likeness (QED) is 0.715. The lowest BCUT2D eigenvalue weighted by atomic mass is 10.4. The standard InChI is InChI=1S/C9H7BrN2O/c1-6(13)9-11-5-8-7(10)3-2-4-12(8)9/h2-5H,1H3. The van der Waals surface area contributed by atoms with Crippen molar-refractivity contribution >= 4 is 27.2 Å². The van der Waals surface area contributed by atoms with Crippen LogP contribution in [0.1, 0.15) is 17.5 Å². The molecule has 4 heteroatoms. The molecule has 0 fully saturated rings. The molecule has 0 aliphatic rings. The van der Waals surface area contributed by atoms with E-state index in [4.69, 9.17) is 0 Å².